The van der Waals surface area contributed by atoms with Crippen LogP contribution in [0.2, 0.25) is 0 Å². The highest BCUT2D eigenvalue weighted by Gasteiger charge is 2.48. The van der Waals surface area contributed by atoms with Crippen molar-refractivity contribution in [3.8, 4) is 0 Å². The van der Waals surface area contributed by atoms with Crippen LogP contribution < -0.4 is 10.6 Å². The van der Waals surface area contributed by atoms with Gasteiger partial charge in [-0.2, -0.15) is 0 Å². The quantitative estimate of drug-likeness (QED) is 0.724. The lowest BCUT2D eigenvalue weighted by molar-refractivity contribution is -0.125. The first-order valence-electron chi connectivity index (χ1n) is 6.67. The van der Waals surface area contributed by atoms with Gasteiger partial charge < -0.3 is 5.32 Å². The zero-order chi connectivity index (χ0) is 12.1. The average molecular weight is 235 g/mol. The molecular formula is C13H21N3O. The SMILES string of the molecule is CC1(C)CCC2(CC1)NC(=NC1CC1)NC2=O. The zero-order valence-electron chi connectivity index (χ0n) is 10.7. The number of hydrogen-bond acceptors (Lipinski definition) is 2. The molecule has 0 bridgehead atoms. The molecule has 2 saturated carbocycles. The van der Waals surface area contributed by atoms with Crippen LogP contribution in [0.5, 0.6) is 0 Å². The van der Waals surface area contributed by atoms with Crippen LogP contribution in [0.25, 0.3) is 0 Å². The smallest absolute Gasteiger partial charge is 0.252 e. The van der Waals surface area contributed by atoms with Gasteiger partial charge >= 0.3 is 0 Å². The van der Waals surface area contributed by atoms with Crippen LogP contribution in [0, 0.1) is 5.41 Å². The highest BCUT2D eigenvalue weighted by Crippen LogP contribution is 2.41. The van der Waals surface area contributed by atoms with Crippen molar-refractivity contribution in [2.45, 2.75) is 64.0 Å². The van der Waals surface area contributed by atoms with Gasteiger partial charge in [0.15, 0.2) is 5.96 Å². The van der Waals surface area contributed by atoms with Gasteiger partial charge in [0.25, 0.3) is 5.91 Å². The van der Waals surface area contributed by atoms with Gasteiger partial charge in [-0.1, -0.05) is 13.8 Å². The second-order valence-corrected chi connectivity index (χ2v) is 6.53. The van der Waals surface area contributed by atoms with Gasteiger partial charge in [0.2, 0.25) is 0 Å². The van der Waals surface area contributed by atoms with Crippen molar-refractivity contribution >= 4 is 11.9 Å². The maximum Gasteiger partial charge on any atom is 0.252 e. The summed E-state index contributed by atoms with van der Waals surface area (Å²) in [6.45, 7) is 4.57. The van der Waals surface area contributed by atoms with Gasteiger partial charge in [-0.05, 0) is 43.9 Å². The molecule has 4 heteroatoms. The highest BCUT2D eigenvalue weighted by molar-refractivity contribution is 6.09. The number of hydrogen-bond donors (Lipinski definition) is 2. The van der Waals surface area contributed by atoms with Crippen LogP contribution in [-0.4, -0.2) is 23.4 Å². The molecule has 17 heavy (non-hydrogen) atoms. The van der Waals surface area contributed by atoms with E-state index in [4.69, 9.17) is 0 Å². The van der Waals surface area contributed by atoms with Crippen LogP contribution in [0.15, 0.2) is 4.99 Å². The number of carbonyl (C=O) groups is 1. The Hall–Kier alpha value is -1.06. The van der Waals surface area contributed by atoms with E-state index in [2.05, 4.69) is 29.5 Å². The molecule has 3 fully saturated rings. The molecular weight excluding hydrogens is 214 g/mol. The second-order valence-electron chi connectivity index (χ2n) is 6.53. The Labute approximate surface area is 102 Å². The predicted octanol–water partition coefficient (Wildman–Crippen LogP) is 1.56. The molecule has 0 atom stereocenters. The van der Waals surface area contributed by atoms with Crippen molar-refractivity contribution < 1.29 is 4.79 Å². The van der Waals surface area contributed by atoms with Gasteiger partial charge in [-0.25, -0.2) is 4.99 Å². The molecule has 2 N–H and O–H groups in total. The van der Waals surface area contributed by atoms with Gasteiger partial charge in [0, 0.05) is 0 Å². The van der Waals surface area contributed by atoms with E-state index in [0.717, 1.165) is 31.6 Å². The minimum atomic E-state index is -0.358. The van der Waals surface area contributed by atoms with Crippen LogP contribution in [0.1, 0.15) is 52.4 Å². The summed E-state index contributed by atoms with van der Waals surface area (Å²) >= 11 is 0. The van der Waals surface area contributed by atoms with E-state index < -0.39 is 0 Å². The standard InChI is InChI=1S/C13H21N3O/c1-12(2)5-7-13(8-6-12)10(17)15-11(16-13)14-9-3-4-9/h9H,3-8H2,1-2H3,(H2,14,15,16,17). The normalized spacial score (nSPS) is 32.6. The third kappa shape index (κ3) is 2.05. The lowest BCUT2D eigenvalue weighted by Gasteiger charge is -2.39. The summed E-state index contributed by atoms with van der Waals surface area (Å²) in [4.78, 5) is 16.6. The summed E-state index contributed by atoms with van der Waals surface area (Å²) in [5.41, 5.74) is 0.0207. The molecule has 1 spiro atoms. The van der Waals surface area contributed by atoms with E-state index in [1.54, 1.807) is 0 Å². The molecule has 2 aliphatic carbocycles. The largest absolute Gasteiger partial charge is 0.342 e. The van der Waals surface area contributed by atoms with E-state index in [1.807, 2.05) is 0 Å². The van der Waals surface area contributed by atoms with Crippen molar-refractivity contribution in [3.05, 3.63) is 0 Å². The van der Waals surface area contributed by atoms with Crippen LogP contribution in [0.3, 0.4) is 0 Å². The zero-order valence-corrected chi connectivity index (χ0v) is 10.7. The lowest BCUT2D eigenvalue weighted by atomic mass is 9.69. The Kier molecular flexibility index (Phi) is 2.25. The maximum atomic E-state index is 12.1. The summed E-state index contributed by atoms with van der Waals surface area (Å²) in [6.07, 6.45) is 6.39. The third-order valence-electron chi connectivity index (χ3n) is 4.34. The number of nitrogens with one attached hydrogen (secondary N) is 2. The van der Waals surface area contributed by atoms with Crippen molar-refractivity contribution in [2.24, 2.45) is 10.4 Å². The number of guanidine groups is 1. The molecule has 1 saturated heterocycles. The van der Waals surface area contributed by atoms with Gasteiger partial charge in [0.05, 0.1) is 6.04 Å². The fraction of sp³-hybridized carbons (Fsp3) is 0.846. The average Bonchev–Trinajstić information content (AvgIpc) is 2.99. The van der Waals surface area contributed by atoms with Crippen LogP contribution >= 0.6 is 0 Å². The fourth-order valence-electron chi connectivity index (χ4n) is 2.70. The number of rotatable bonds is 1. The number of amides is 1. The summed E-state index contributed by atoms with van der Waals surface area (Å²) in [5.74, 6) is 0.851. The molecule has 1 heterocycles. The molecule has 0 radical (unpaired) electrons. The molecule has 0 aromatic rings. The minimum Gasteiger partial charge on any atom is -0.342 e. The molecule has 94 valence electrons. The van der Waals surface area contributed by atoms with Crippen LogP contribution in [-0.2, 0) is 4.79 Å². The summed E-state index contributed by atoms with van der Waals surface area (Å²) in [5, 5.41) is 6.27. The molecule has 0 aromatic carbocycles. The summed E-state index contributed by atoms with van der Waals surface area (Å²) < 4.78 is 0. The van der Waals surface area contributed by atoms with Gasteiger partial charge in [-0.3, -0.25) is 10.1 Å². The Morgan fingerprint density at radius 3 is 2.41 bits per heavy atom. The monoisotopic (exact) mass is 235 g/mol. The second kappa shape index (κ2) is 3.47. The molecule has 0 aromatic heterocycles. The van der Waals surface area contributed by atoms with E-state index in [-0.39, 0.29) is 11.4 Å². The van der Waals surface area contributed by atoms with Crippen molar-refractivity contribution in [2.75, 3.05) is 0 Å². The Balaban J connectivity index is 1.73. The Morgan fingerprint density at radius 2 is 1.82 bits per heavy atom. The first-order valence-corrected chi connectivity index (χ1v) is 6.67. The summed E-state index contributed by atoms with van der Waals surface area (Å²) in [6, 6.07) is 0.452. The van der Waals surface area contributed by atoms with E-state index in [0.29, 0.717) is 11.5 Å². The van der Waals surface area contributed by atoms with E-state index >= 15 is 0 Å². The van der Waals surface area contributed by atoms with E-state index in [9.17, 15) is 4.79 Å². The molecule has 1 aliphatic heterocycles. The Morgan fingerprint density at radius 1 is 1.18 bits per heavy atom. The minimum absolute atomic E-state index is 0.132. The fourth-order valence-corrected chi connectivity index (χ4v) is 2.70. The maximum absolute atomic E-state index is 12.1. The summed E-state index contributed by atoms with van der Waals surface area (Å²) in [7, 11) is 0. The van der Waals surface area contributed by atoms with Crippen molar-refractivity contribution in [1.29, 1.82) is 0 Å². The van der Waals surface area contributed by atoms with Gasteiger partial charge in [-0.15, -0.1) is 0 Å². The van der Waals surface area contributed by atoms with Crippen LogP contribution in [0.4, 0.5) is 0 Å². The van der Waals surface area contributed by atoms with Crippen molar-refractivity contribution in [1.82, 2.24) is 10.6 Å². The highest BCUT2D eigenvalue weighted by atomic mass is 16.2. The topological polar surface area (TPSA) is 53.5 Å². The molecule has 3 aliphatic rings. The first-order chi connectivity index (χ1) is 7.99. The molecule has 1 amide bonds. The first kappa shape index (κ1) is 11.1. The Bertz CT molecular complexity index is 372. The number of nitrogens with zero attached hydrogens (tertiary/aromatic N) is 1. The molecule has 0 unspecified atom stereocenters. The third-order valence-corrected chi connectivity index (χ3v) is 4.34. The molecule has 4 nitrogen and oxygen atoms in total. The van der Waals surface area contributed by atoms with E-state index in [1.165, 1.54) is 12.8 Å². The van der Waals surface area contributed by atoms with Gasteiger partial charge in [0.1, 0.15) is 5.54 Å². The number of aliphatic imine (C=N–C) groups is 1. The van der Waals surface area contributed by atoms with Crippen molar-refractivity contribution in [3.63, 3.8) is 0 Å². The lowest BCUT2D eigenvalue weighted by Crippen LogP contribution is -2.50. The molecule has 3 rings (SSSR count). The predicted molar refractivity (Wildman–Crippen MR) is 66.7 cm³/mol. The number of carbonyl (C=O) groups excluding carboxylic acids is 1.